The van der Waals surface area contributed by atoms with E-state index in [4.69, 9.17) is 5.11 Å². The van der Waals surface area contributed by atoms with Crippen LogP contribution < -0.4 is 5.56 Å². The highest BCUT2D eigenvalue weighted by Crippen LogP contribution is 2.38. The number of nitrogens with zero attached hydrogens (tertiary/aromatic N) is 4. The van der Waals surface area contributed by atoms with Crippen molar-refractivity contribution >= 4 is 11.5 Å². The van der Waals surface area contributed by atoms with E-state index in [-0.39, 0.29) is 12.1 Å². The quantitative estimate of drug-likeness (QED) is 0.485. The number of benzene rings is 1. The number of aromatic amines is 1. The standard InChI is InChI=1S/C27H31N5O3/c1-17-14-21(9-6-19(17)10-13-25-29-31-32(30-25)16-26(33)34)23(15-18-4-2-3-5-18)24-12-11-22(20-7-8-20)27(35)28-24/h6,9,11-12,14-15,18,20H,2-5,7-8,10,13,16H2,1H3,(H,28,35)(H,33,34)/b23-15+. The molecule has 0 spiro atoms. The van der Waals surface area contributed by atoms with Crippen LogP contribution in [0, 0.1) is 12.8 Å². The monoisotopic (exact) mass is 473 g/mol. The Balaban J connectivity index is 1.38. The van der Waals surface area contributed by atoms with E-state index in [2.05, 4.69) is 57.7 Å². The molecule has 3 aromatic rings. The first-order valence-electron chi connectivity index (χ1n) is 12.5. The van der Waals surface area contributed by atoms with Gasteiger partial charge in [-0.2, -0.15) is 4.80 Å². The number of pyridine rings is 1. The largest absolute Gasteiger partial charge is 0.480 e. The van der Waals surface area contributed by atoms with Crippen LogP contribution in [0.2, 0.25) is 0 Å². The first kappa shape index (κ1) is 23.2. The normalized spacial score (nSPS) is 16.7. The van der Waals surface area contributed by atoms with Gasteiger partial charge in [-0.25, -0.2) is 0 Å². The van der Waals surface area contributed by atoms with E-state index in [0.29, 0.717) is 24.1 Å². The van der Waals surface area contributed by atoms with Gasteiger partial charge in [0.1, 0.15) is 0 Å². The molecule has 8 nitrogen and oxygen atoms in total. The molecule has 0 radical (unpaired) electrons. The minimum absolute atomic E-state index is 0.0408. The van der Waals surface area contributed by atoms with Crippen molar-refractivity contribution in [1.29, 1.82) is 0 Å². The highest BCUT2D eigenvalue weighted by Gasteiger charge is 2.26. The number of aromatic nitrogens is 5. The average molecular weight is 474 g/mol. The predicted octanol–water partition coefficient (Wildman–Crippen LogP) is 4.04. The molecule has 35 heavy (non-hydrogen) atoms. The number of aryl methyl sites for hydroxylation is 3. The van der Waals surface area contributed by atoms with Crippen molar-refractivity contribution in [2.45, 2.75) is 70.8 Å². The molecule has 2 saturated carbocycles. The molecule has 0 aliphatic heterocycles. The van der Waals surface area contributed by atoms with Crippen molar-refractivity contribution < 1.29 is 9.90 Å². The second-order valence-electron chi connectivity index (χ2n) is 9.83. The molecule has 8 heteroatoms. The molecule has 182 valence electrons. The SMILES string of the molecule is Cc1cc(/C(=C\C2CCCC2)c2ccc(C3CC3)c(=O)[nH]2)ccc1CCc1nnn(CC(=O)O)n1. The molecule has 0 bridgehead atoms. The van der Waals surface area contributed by atoms with Gasteiger partial charge in [0.25, 0.3) is 5.56 Å². The number of H-pyrrole nitrogens is 1. The lowest BCUT2D eigenvalue weighted by atomic mass is 9.92. The van der Waals surface area contributed by atoms with Crippen molar-refractivity contribution in [2.24, 2.45) is 5.92 Å². The predicted molar refractivity (Wildman–Crippen MR) is 132 cm³/mol. The van der Waals surface area contributed by atoms with E-state index in [1.165, 1.54) is 31.2 Å². The zero-order valence-corrected chi connectivity index (χ0v) is 20.0. The minimum atomic E-state index is -0.995. The van der Waals surface area contributed by atoms with Gasteiger partial charge in [0.15, 0.2) is 12.4 Å². The van der Waals surface area contributed by atoms with Gasteiger partial charge in [0, 0.05) is 23.3 Å². The lowest BCUT2D eigenvalue weighted by molar-refractivity contribution is -0.138. The molecular formula is C27H31N5O3. The Labute approximate surface area is 204 Å². The number of hydrogen-bond donors (Lipinski definition) is 2. The molecule has 0 saturated heterocycles. The van der Waals surface area contributed by atoms with Crippen LogP contribution in [-0.4, -0.2) is 36.3 Å². The molecule has 2 fully saturated rings. The highest BCUT2D eigenvalue weighted by molar-refractivity contribution is 5.78. The smallest absolute Gasteiger partial charge is 0.327 e. The number of nitrogens with one attached hydrogen (secondary N) is 1. The third kappa shape index (κ3) is 5.58. The van der Waals surface area contributed by atoms with Crippen molar-refractivity contribution in [3.05, 3.63) is 80.5 Å². The van der Waals surface area contributed by atoms with Crippen LogP contribution in [0.25, 0.3) is 5.57 Å². The maximum absolute atomic E-state index is 12.8. The number of hydrogen-bond acceptors (Lipinski definition) is 5. The summed E-state index contributed by atoms with van der Waals surface area (Å²) >= 11 is 0. The fraction of sp³-hybridized carbons (Fsp3) is 0.444. The zero-order valence-electron chi connectivity index (χ0n) is 20.0. The number of tetrazole rings is 1. The number of allylic oxidation sites excluding steroid dienone is 1. The Hall–Kier alpha value is -3.55. The summed E-state index contributed by atoms with van der Waals surface area (Å²) in [5.74, 6) is 0.503. The van der Waals surface area contributed by atoms with Crippen molar-refractivity contribution in [3.8, 4) is 0 Å². The van der Waals surface area contributed by atoms with Crippen LogP contribution in [-0.2, 0) is 24.2 Å². The Morgan fingerprint density at radius 1 is 1.14 bits per heavy atom. The van der Waals surface area contributed by atoms with E-state index >= 15 is 0 Å². The Kier molecular flexibility index (Phi) is 6.61. The second kappa shape index (κ2) is 9.98. The molecule has 0 atom stereocenters. The number of carboxylic acid groups (broad SMARTS) is 1. The molecule has 2 aliphatic rings. The maximum Gasteiger partial charge on any atom is 0.327 e. The van der Waals surface area contributed by atoms with E-state index in [1.54, 1.807) is 0 Å². The number of carbonyl (C=O) groups is 1. The third-order valence-corrected chi connectivity index (χ3v) is 7.09. The van der Waals surface area contributed by atoms with Crippen molar-refractivity contribution in [1.82, 2.24) is 25.2 Å². The fourth-order valence-corrected chi connectivity index (χ4v) is 5.01. The molecule has 2 N–H and O–H groups in total. The molecule has 2 heterocycles. The summed E-state index contributed by atoms with van der Waals surface area (Å²) < 4.78 is 0. The summed E-state index contributed by atoms with van der Waals surface area (Å²) in [4.78, 5) is 27.9. The highest BCUT2D eigenvalue weighted by atomic mass is 16.4. The molecule has 1 aromatic carbocycles. The average Bonchev–Trinajstić information content (AvgIpc) is 3.34. The summed E-state index contributed by atoms with van der Waals surface area (Å²) in [5, 5.41) is 20.8. The maximum atomic E-state index is 12.8. The molecule has 0 unspecified atom stereocenters. The van der Waals surface area contributed by atoms with Crippen LogP contribution in [0.4, 0.5) is 0 Å². The van der Waals surface area contributed by atoms with Gasteiger partial charge >= 0.3 is 5.97 Å². The number of rotatable bonds is 9. The number of carboxylic acids is 1. The summed E-state index contributed by atoms with van der Waals surface area (Å²) in [7, 11) is 0. The number of aliphatic carboxylic acids is 1. The van der Waals surface area contributed by atoms with Crippen LogP contribution >= 0.6 is 0 Å². The van der Waals surface area contributed by atoms with Gasteiger partial charge in [0.05, 0.1) is 0 Å². The Morgan fingerprint density at radius 2 is 1.94 bits per heavy atom. The fourth-order valence-electron chi connectivity index (χ4n) is 5.01. The molecule has 5 rings (SSSR count). The summed E-state index contributed by atoms with van der Waals surface area (Å²) in [5.41, 5.74) is 6.39. The van der Waals surface area contributed by atoms with E-state index < -0.39 is 5.97 Å². The van der Waals surface area contributed by atoms with Gasteiger partial charge < -0.3 is 10.1 Å². The van der Waals surface area contributed by atoms with E-state index in [0.717, 1.165) is 52.0 Å². The first-order valence-corrected chi connectivity index (χ1v) is 12.5. The van der Waals surface area contributed by atoms with Gasteiger partial charge in [-0.1, -0.05) is 43.2 Å². The lowest BCUT2D eigenvalue weighted by Gasteiger charge is -2.15. The molecule has 2 aromatic heterocycles. The van der Waals surface area contributed by atoms with Gasteiger partial charge in [-0.3, -0.25) is 9.59 Å². The summed E-state index contributed by atoms with van der Waals surface area (Å²) in [6.07, 6.45) is 10.8. The Bertz CT molecular complexity index is 1310. The lowest BCUT2D eigenvalue weighted by Crippen LogP contribution is -2.13. The summed E-state index contributed by atoms with van der Waals surface area (Å²) in [6.45, 7) is 1.81. The van der Waals surface area contributed by atoms with Crippen LogP contribution in [0.3, 0.4) is 0 Å². The van der Waals surface area contributed by atoms with Gasteiger partial charge in [0.2, 0.25) is 0 Å². The van der Waals surface area contributed by atoms with Crippen LogP contribution in [0.15, 0.2) is 41.2 Å². The first-order chi connectivity index (χ1) is 17.0. The summed E-state index contributed by atoms with van der Waals surface area (Å²) in [6, 6.07) is 10.5. The zero-order chi connectivity index (χ0) is 24.4. The Morgan fingerprint density at radius 3 is 2.63 bits per heavy atom. The third-order valence-electron chi connectivity index (χ3n) is 7.09. The van der Waals surface area contributed by atoms with Crippen molar-refractivity contribution in [3.63, 3.8) is 0 Å². The molecule has 2 aliphatic carbocycles. The van der Waals surface area contributed by atoms with Gasteiger partial charge in [-0.15, -0.1) is 10.2 Å². The molecular weight excluding hydrogens is 442 g/mol. The van der Waals surface area contributed by atoms with Crippen LogP contribution in [0.1, 0.15) is 78.2 Å². The second-order valence-corrected chi connectivity index (χ2v) is 9.83. The topological polar surface area (TPSA) is 114 Å². The van der Waals surface area contributed by atoms with E-state index in [9.17, 15) is 9.59 Å². The van der Waals surface area contributed by atoms with E-state index in [1.807, 2.05) is 6.07 Å². The molecule has 0 amide bonds. The van der Waals surface area contributed by atoms with Crippen molar-refractivity contribution in [2.75, 3.05) is 0 Å². The van der Waals surface area contributed by atoms with Gasteiger partial charge in [-0.05, 0) is 78.8 Å². The minimum Gasteiger partial charge on any atom is -0.480 e. The van der Waals surface area contributed by atoms with Crippen LogP contribution in [0.5, 0.6) is 0 Å².